The molecule has 0 unspecified atom stereocenters. The van der Waals surface area contributed by atoms with Crippen molar-refractivity contribution < 1.29 is 0 Å². The molecule has 1 fully saturated rings. The average Bonchev–Trinajstić information content (AvgIpc) is 2.68. The lowest BCUT2D eigenvalue weighted by Gasteiger charge is -1.96. The normalized spacial score (nSPS) is 17.3. The fourth-order valence-corrected chi connectivity index (χ4v) is 1.59. The van der Waals surface area contributed by atoms with Crippen LogP contribution in [0.2, 0.25) is 0 Å². The number of halogens is 1. The summed E-state index contributed by atoms with van der Waals surface area (Å²) in [4.78, 5) is 0. The van der Waals surface area contributed by atoms with E-state index in [9.17, 15) is 0 Å². The lowest BCUT2D eigenvalue weighted by atomic mass is 10.1. The molecule has 0 amide bonds. The summed E-state index contributed by atoms with van der Waals surface area (Å²) in [5, 5.41) is 0. The molecule has 1 aromatic rings. The fraction of sp³-hybridized carbons (Fsp3) is 0.333. The molecular formula is C9H9Br. The quantitative estimate of drug-likeness (QED) is 0.647. The van der Waals surface area contributed by atoms with Gasteiger partial charge < -0.3 is 0 Å². The predicted molar refractivity (Wildman–Crippen MR) is 46.1 cm³/mol. The number of benzene rings is 1. The van der Waals surface area contributed by atoms with Gasteiger partial charge in [0.15, 0.2) is 0 Å². The summed E-state index contributed by atoms with van der Waals surface area (Å²) in [6, 6.07) is 8.61. The zero-order valence-corrected chi connectivity index (χ0v) is 7.26. The van der Waals surface area contributed by atoms with E-state index in [-0.39, 0.29) is 0 Å². The van der Waals surface area contributed by atoms with Gasteiger partial charge in [0.1, 0.15) is 0 Å². The van der Waals surface area contributed by atoms with Gasteiger partial charge in [0.2, 0.25) is 0 Å². The zero-order chi connectivity index (χ0) is 6.97. The molecule has 1 aromatic carbocycles. The summed E-state index contributed by atoms with van der Waals surface area (Å²) >= 11 is 3.46. The molecule has 0 aliphatic heterocycles. The minimum absolute atomic E-state index is 0.873. The molecule has 0 nitrogen and oxygen atoms in total. The Hall–Kier alpha value is -0.300. The van der Waals surface area contributed by atoms with Crippen LogP contribution in [-0.4, -0.2) is 0 Å². The SMILES string of the molecule is Brc1cccc(C2CC2)c1. The van der Waals surface area contributed by atoms with E-state index in [1.807, 2.05) is 0 Å². The lowest BCUT2D eigenvalue weighted by molar-refractivity contribution is 1.13. The minimum Gasteiger partial charge on any atom is -0.0609 e. The monoisotopic (exact) mass is 196 g/mol. The van der Waals surface area contributed by atoms with Gasteiger partial charge in [-0.05, 0) is 36.5 Å². The van der Waals surface area contributed by atoms with Crippen LogP contribution in [0.25, 0.3) is 0 Å². The molecule has 0 radical (unpaired) electrons. The molecule has 1 aliphatic carbocycles. The molecule has 2 rings (SSSR count). The maximum Gasteiger partial charge on any atom is 0.0178 e. The van der Waals surface area contributed by atoms with Crippen LogP contribution in [0.5, 0.6) is 0 Å². The maximum absolute atomic E-state index is 3.46. The van der Waals surface area contributed by atoms with Gasteiger partial charge >= 0.3 is 0 Å². The Morgan fingerprint density at radius 2 is 2.10 bits per heavy atom. The zero-order valence-electron chi connectivity index (χ0n) is 5.68. The van der Waals surface area contributed by atoms with Crippen LogP contribution in [0.4, 0.5) is 0 Å². The standard InChI is InChI=1S/C9H9Br/c10-9-3-1-2-8(6-9)7-4-5-7/h1-3,6-7H,4-5H2. The van der Waals surface area contributed by atoms with Crippen molar-refractivity contribution in [1.29, 1.82) is 0 Å². The van der Waals surface area contributed by atoms with E-state index in [0.717, 1.165) is 5.92 Å². The summed E-state index contributed by atoms with van der Waals surface area (Å²) in [5.41, 5.74) is 1.49. The molecule has 0 spiro atoms. The van der Waals surface area contributed by atoms with Crippen molar-refractivity contribution in [3.05, 3.63) is 34.3 Å². The highest BCUT2D eigenvalue weighted by atomic mass is 79.9. The van der Waals surface area contributed by atoms with Crippen molar-refractivity contribution in [2.75, 3.05) is 0 Å². The molecule has 0 bridgehead atoms. The van der Waals surface area contributed by atoms with Gasteiger partial charge in [0.25, 0.3) is 0 Å². The number of rotatable bonds is 1. The smallest absolute Gasteiger partial charge is 0.0178 e. The van der Waals surface area contributed by atoms with Crippen LogP contribution in [-0.2, 0) is 0 Å². The Morgan fingerprint density at radius 3 is 2.70 bits per heavy atom. The third-order valence-corrected chi connectivity index (χ3v) is 2.39. The average molecular weight is 197 g/mol. The molecule has 52 valence electrons. The first-order valence-electron chi connectivity index (χ1n) is 3.62. The van der Waals surface area contributed by atoms with E-state index in [2.05, 4.69) is 40.2 Å². The number of hydrogen-bond acceptors (Lipinski definition) is 0. The van der Waals surface area contributed by atoms with Crippen LogP contribution < -0.4 is 0 Å². The molecule has 0 heterocycles. The molecule has 10 heavy (non-hydrogen) atoms. The molecule has 0 N–H and O–H groups in total. The Morgan fingerprint density at radius 1 is 1.30 bits per heavy atom. The van der Waals surface area contributed by atoms with E-state index in [0.29, 0.717) is 0 Å². The van der Waals surface area contributed by atoms with Gasteiger partial charge in [0, 0.05) is 4.47 Å². The van der Waals surface area contributed by atoms with Crippen molar-refractivity contribution >= 4 is 15.9 Å². The Bertz CT molecular complexity index is 238. The van der Waals surface area contributed by atoms with Crippen molar-refractivity contribution in [2.45, 2.75) is 18.8 Å². The van der Waals surface area contributed by atoms with Gasteiger partial charge in [-0.2, -0.15) is 0 Å². The Balaban J connectivity index is 2.32. The van der Waals surface area contributed by atoms with E-state index < -0.39 is 0 Å². The Labute approximate surface area is 69.4 Å². The molecule has 0 atom stereocenters. The van der Waals surface area contributed by atoms with Gasteiger partial charge in [0.05, 0.1) is 0 Å². The third kappa shape index (κ3) is 1.24. The fourth-order valence-electron chi connectivity index (χ4n) is 1.18. The van der Waals surface area contributed by atoms with Crippen LogP contribution in [0.3, 0.4) is 0 Å². The highest BCUT2D eigenvalue weighted by molar-refractivity contribution is 9.10. The second-order valence-electron chi connectivity index (χ2n) is 2.83. The first kappa shape index (κ1) is 6.41. The summed E-state index contributed by atoms with van der Waals surface area (Å²) in [6.07, 6.45) is 2.77. The second-order valence-corrected chi connectivity index (χ2v) is 3.74. The van der Waals surface area contributed by atoms with Gasteiger partial charge in [-0.1, -0.05) is 28.1 Å². The molecule has 1 heteroatoms. The lowest BCUT2D eigenvalue weighted by Crippen LogP contribution is -1.76. The third-order valence-electron chi connectivity index (χ3n) is 1.90. The van der Waals surface area contributed by atoms with Gasteiger partial charge in [-0.3, -0.25) is 0 Å². The predicted octanol–water partition coefficient (Wildman–Crippen LogP) is 3.33. The van der Waals surface area contributed by atoms with Crippen molar-refractivity contribution in [2.24, 2.45) is 0 Å². The van der Waals surface area contributed by atoms with Gasteiger partial charge in [-0.25, -0.2) is 0 Å². The van der Waals surface area contributed by atoms with Crippen molar-refractivity contribution in [3.8, 4) is 0 Å². The van der Waals surface area contributed by atoms with E-state index >= 15 is 0 Å². The summed E-state index contributed by atoms with van der Waals surface area (Å²) in [6.45, 7) is 0. The minimum atomic E-state index is 0.873. The van der Waals surface area contributed by atoms with Crippen molar-refractivity contribution in [1.82, 2.24) is 0 Å². The summed E-state index contributed by atoms with van der Waals surface area (Å²) in [7, 11) is 0. The van der Waals surface area contributed by atoms with Crippen LogP contribution >= 0.6 is 15.9 Å². The molecule has 1 aliphatic rings. The van der Waals surface area contributed by atoms with Crippen LogP contribution in [0.15, 0.2) is 28.7 Å². The van der Waals surface area contributed by atoms with E-state index in [4.69, 9.17) is 0 Å². The summed E-state index contributed by atoms with van der Waals surface area (Å²) < 4.78 is 1.21. The van der Waals surface area contributed by atoms with Crippen molar-refractivity contribution in [3.63, 3.8) is 0 Å². The summed E-state index contributed by atoms with van der Waals surface area (Å²) in [5.74, 6) is 0.873. The highest BCUT2D eigenvalue weighted by Crippen LogP contribution is 2.40. The van der Waals surface area contributed by atoms with Crippen LogP contribution in [0, 0.1) is 0 Å². The Kier molecular flexibility index (Phi) is 1.53. The largest absolute Gasteiger partial charge is 0.0609 e. The molecular weight excluding hydrogens is 188 g/mol. The number of hydrogen-bond donors (Lipinski definition) is 0. The molecule has 1 saturated carbocycles. The van der Waals surface area contributed by atoms with E-state index in [1.165, 1.54) is 22.9 Å². The topological polar surface area (TPSA) is 0 Å². The second kappa shape index (κ2) is 2.39. The van der Waals surface area contributed by atoms with Crippen LogP contribution in [0.1, 0.15) is 24.3 Å². The van der Waals surface area contributed by atoms with E-state index in [1.54, 1.807) is 0 Å². The first-order chi connectivity index (χ1) is 4.86. The van der Waals surface area contributed by atoms with Gasteiger partial charge in [-0.15, -0.1) is 0 Å². The molecule has 0 aromatic heterocycles. The first-order valence-corrected chi connectivity index (χ1v) is 4.41. The maximum atomic E-state index is 3.46. The molecule has 0 saturated heterocycles. The highest BCUT2D eigenvalue weighted by Gasteiger charge is 2.22.